The molecule has 2 heterocycles. The Bertz CT molecular complexity index is 672. The maximum absolute atomic E-state index is 12.2. The van der Waals surface area contributed by atoms with Gasteiger partial charge in [-0.1, -0.05) is 11.6 Å². The molecule has 0 saturated carbocycles. The number of benzene rings is 1. The van der Waals surface area contributed by atoms with Crippen LogP contribution in [0, 0.1) is 0 Å². The van der Waals surface area contributed by atoms with E-state index in [2.05, 4.69) is 16.0 Å². The maximum Gasteiger partial charge on any atom is 0.319 e. The van der Waals surface area contributed by atoms with Crippen molar-refractivity contribution in [2.75, 3.05) is 25.5 Å². The van der Waals surface area contributed by atoms with Crippen molar-refractivity contribution in [1.82, 2.24) is 15.5 Å². The van der Waals surface area contributed by atoms with Crippen LogP contribution in [-0.4, -0.2) is 55.0 Å². The minimum Gasteiger partial charge on any atom is -0.495 e. The standard InChI is InChI=1S/C15H17ClN4O4/c1-24-12-3-2-8(16)4-10(12)19-15(23)18-9-5-11-14(22)17-6-13(21)20(11)7-9/h2-4,9,11H,5-7H2,1H3,(H,17,22)(H2,18,19,23)/t9-,11+/m1/s1. The van der Waals surface area contributed by atoms with Crippen LogP contribution in [-0.2, 0) is 9.59 Å². The van der Waals surface area contributed by atoms with Gasteiger partial charge < -0.3 is 25.6 Å². The first-order valence-electron chi connectivity index (χ1n) is 7.46. The second-order valence-electron chi connectivity index (χ2n) is 5.66. The van der Waals surface area contributed by atoms with Gasteiger partial charge in [-0.25, -0.2) is 4.79 Å². The van der Waals surface area contributed by atoms with Crippen LogP contribution < -0.4 is 20.7 Å². The summed E-state index contributed by atoms with van der Waals surface area (Å²) in [6, 6.07) is 3.62. The van der Waals surface area contributed by atoms with E-state index in [1.54, 1.807) is 18.2 Å². The van der Waals surface area contributed by atoms with Gasteiger partial charge >= 0.3 is 6.03 Å². The lowest BCUT2D eigenvalue weighted by Gasteiger charge is -2.28. The molecule has 9 heteroatoms. The van der Waals surface area contributed by atoms with Crippen LogP contribution >= 0.6 is 11.6 Å². The number of nitrogens with zero attached hydrogens (tertiary/aromatic N) is 1. The number of hydrogen-bond donors (Lipinski definition) is 3. The van der Waals surface area contributed by atoms with E-state index < -0.39 is 12.1 Å². The van der Waals surface area contributed by atoms with E-state index in [0.717, 1.165) is 0 Å². The summed E-state index contributed by atoms with van der Waals surface area (Å²) in [7, 11) is 1.49. The number of amides is 4. The molecule has 0 radical (unpaired) electrons. The van der Waals surface area contributed by atoms with Crippen molar-refractivity contribution < 1.29 is 19.1 Å². The third kappa shape index (κ3) is 3.23. The van der Waals surface area contributed by atoms with Crippen molar-refractivity contribution >= 4 is 35.1 Å². The smallest absolute Gasteiger partial charge is 0.319 e. The molecule has 3 rings (SSSR count). The molecule has 3 N–H and O–H groups in total. The zero-order valence-corrected chi connectivity index (χ0v) is 13.7. The first-order valence-corrected chi connectivity index (χ1v) is 7.84. The van der Waals surface area contributed by atoms with E-state index in [9.17, 15) is 14.4 Å². The van der Waals surface area contributed by atoms with E-state index in [4.69, 9.17) is 16.3 Å². The molecular formula is C15H17ClN4O4. The third-order valence-electron chi connectivity index (χ3n) is 4.08. The molecule has 2 fully saturated rings. The zero-order chi connectivity index (χ0) is 17.3. The fraction of sp³-hybridized carbons (Fsp3) is 0.400. The molecule has 8 nitrogen and oxygen atoms in total. The van der Waals surface area contributed by atoms with Gasteiger partial charge in [0.05, 0.1) is 25.4 Å². The van der Waals surface area contributed by atoms with Crippen molar-refractivity contribution in [3.63, 3.8) is 0 Å². The van der Waals surface area contributed by atoms with Gasteiger partial charge in [-0.3, -0.25) is 9.59 Å². The predicted octanol–water partition coefficient (Wildman–Crippen LogP) is 0.569. The van der Waals surface area contributed by atoms with Crippen LogP contribution in [0.2, 0.25) is 5.02 Å². The number of ether oxygens (including phenoxy) is 1. The number of piperazine rings is 1. The third-order valence-corrected chi connectivity index (χ3v) is 4.32. The van der Waals surface area contributed by atoms with Crippen LogP contribution in [0.25, 0.3) is 0 Å². The lowest BCUT2D eigenvalue weighted by Crippen LogP contribution is -2.55. The van der Waals surface area contributed by atoms with Crippen LogP contribution in [0.4, 0.5) is 10.5 Å². The Kier molecular flexibility index (Phi) is 4.48. The Balaban J connectivity index is 1.63. The van der Waals surface area contributed by atoms with E-state index in [1.165, 1.54) is 12.0 Å². The maximum atomic E-state index is 12.2. The van der Waals surface area contributed by atoms with Crippen LogP contribution in [0.3, 0.4) is 0 Å². The van der Waals surface area contributed by atoms with Crippen LogP contribution in [0.1, 0.15) is 6.42 Å². The fourth-order valence-electron chi connectivity index (χ4n) is 2.97. The monoisotopic (exact) mass is 352 g/mol. The topological polar surface area (TPSA) is 99.8 Å². The second kappa shape index (κ2) is 6.56. The lowest BCUT2D eigenvalue weighted by molar-refractivity contribution is -0.143. The van der Waals surface area contributed by atoms with Gasteiger partial charge in [0, 0.05) is 11.6 Å². The average molecular weight is 353 g/mol. The zero-order valence-electron chi connectivity index (χ0n) is 13.0. The molecule has 128 valence electrons. The largest absolute Gasteiger partial charge is 0.495 e. The van der Waals surface area contributed by atoms with Crippen molar-refractivity contribution in [3.8, 4) is 5.75 Å². The number of carbonyl (C=O) groups excluding carboxylic acids is 3. The minimum absolute atomic E-state index is 0.00790. The Hall–Kier alpha value is -2.48. The number of halogens is 1. The summed E-state index contributed by atoms with van der Waals surface area (Å²) >= 11 is 5.93. The number of methoxy groups -OCH3 is 1. The van der Waals surface area contributed by atoms with Crippen molar-refractivity contribution in [2.45, 2.75) is 18.5 Å². The van der Waals surface area contributed by atoms with Crippen LogP contribution in [0.5, 0.6) is 5.75 Å². The highest BCUT2D eigenvalue weighted by atomic mass is 35.5. The van der Waals surface area contributed by atoms with E-state index in [1.807, 2.05) is 0 Å². The normalized spacial score (nSPS) is 22.7. The molecule has 0 aliphatic carbocycles. The van der Waals surface area contributed by atoms with Gasteiger partial charge in [0.25, 0.3) is 0 Å². The summed E-state index contributed by atoms with van der Waals surface area (Å²) in [5.74, 6) is 0.157. The number of nitrogens with one attached hydrogen (secondary N) is 3. The first-order chi connectivity index (χ1) is 11.5. The second-order valence-corrected chi connectivity index (χ2v) is 6.09. The van der Waals surface area contributed by atoms with Crippen molar-refractivity contribution in [3.05, 3.63) is 23.2 Å². The highest BCUT2D eigenvalue weighted by Gasteiger charge is 2.42. The summed E-state index contributed by atoms with van der Waals surface area (Å²) < 4.78 is 5.17. The van der Waals surface area contributed by atoms with Crippen molar-refractivity contribution in [2.24, 2.45) is 0 Å². The molecule has 2 atom stereocenters. The Morgan fingerprint density at radius 2 is 2.21 bits per heavy atom. The fourth-order valence-corrected chi connectivity index (χ4v) is 3.14. The molecule has 0 bridgehead atoms. The summed E-state index contributed by atoms with van der Waals surface area (Å²) in [6.45, 7) is 0.324. The molecule has 2 saturated heterocycles. The predicted molar refractivity (Wildman–Crippen MR) is 87.1 cm³/mol. The molecule has 0 unspecified atom stereocenters. The number of fused-ring (bicyclic) bond motifs is 1. The van der Waals surface area contributed by atoms with Gasteiger partial charge in [0.2, 0.25) is 11.8 Å². The molecule has 2 aliphatic rings. The molecule has 24 heavy (non-hydrogen) atoms. The molecule has 4 amide bonds. The summed E-state index contributed by atoms with van der Waals surface area (Å²) in [5, 5.41) is 8.46. The van der Waals surface area contributed by atoms with Gasteiger partial charge in [-0.2, -0.15) is 0 Å². The molecule has 2 aliphatic heterocycles. The number of carbonyl (C=O) groups is 3. The summed E-state index contributed by atoms with van der Waals surface area (Å²) in [6.07, 6.45) is 0.387. The van der Waals surface area contributed by atoms with Crippen molar-refractivity contribution in [1.29, 1.82) is 0 Å². The number of anilines is 1. The summed E-state index contributed by atoms with van der Waals surface area (Å²) in [4.78, 5) is 37.3. The number of rotatable bonds is 3. The highest BCUT2D eigenvalue weighted by molar-refractivity contribution is 6.31. The molecule has 0 aromatic heterocycles. The Morgan fingerprint density at radius 1 is 1.42 bits per heavy atom. The first kappa shape index (κ1) is 16.4. The van der Waals surface area contributed by atoms with E-state index in [0.29, 0.717) is 29.4 Å². The SMILES string of the molecule is COc1ccc(Cl)cc1NC(=O)N[C@@H]1C[C@H]2C(=O)NCC(=O)N2C1. The quantitative estimate of drug-likeness (QED) is 0.740. The average Bonchev–Trinajstić information content (AvgIpc) is 2.96. The summed E-state index contributed by atoms with van der Waals surface area (Å²) in [5.41, 5.74) is 0.437. The highest BCUT2D eigenvalue weighted by Crippen LogP contribution is 2.27. The Morgan fingerprint density at radius 3 is 2.92 bits per heavy atom. The van der Waals surface area contributed by atoms with Gasteiger partial charge in [-0.05, 0) is 24.6 Å². The molecule has 1 aromatic rings. The lowest BCUT2D eigenvalue weighted by atomic mass is 10.1. The number of hydrogen-bond acceptors (Lipinski definition) is 4. The van der Waals surface area contributed by atoms with Gasteiger partial charge in [-0.15, -0.1) is 0 Å². The molecular weight excluding hydrogens is 336 g/mol. The minimum atomic E-state index is -0.516. The van der Waals surface area contributed by atoms with Gasteiger partial charge in [0.1, 0.15) is 11.8 Å². The van der Waals surface area contributed by atoms with Crippen LogP contribution in [0.15, 0.2) is 18.2 Å². The van der Waals surface area contributed by atoms with Gasteiger partial charge in [0.15, 0.2) is 0 Å². The molecule has 1 aromatic carbocycles. The van der Waals surface area contributed by atoms with E-state index >= 15 is 0 Å². The molecule has 0 spiro atoms. The van der Waals surface area contributed by atoms with E-state index in [-0.39, 0.29) is 24.4 Å². The Labute approximate surface area is 143 Å². The number of urea groups is 1.